The maximum absolute atomic E-state index is 8.56. The van der Waals surface area contributed by atoms with Gasteiger partial charge in [0.1, 0.15) is 5.60 Å². The average Bonchev–Trinajstić information content (AvgIpc) is 1.31. The van der Waals surface area contributed by atoms with Gasteiger partial charge in [0.05, 0.1) is 0 Å². The summed E-state index contributed by atoms with van der Waals surface area (Å²) in [5.74, 6) is 0. The van der Waals surface area contributed by atoms with Gasteiger partial charge in [-0.25, -0.2) is 0 Å². The normalized spacial score (nSPS) is 12.9. The van der Waals surface area contributed by atoms with Crippen LogP contribution in [0.1, 0.15) is 13.8 Å². The molecule has 0 aliphatic carbocycles. The number of aliphatic hydroxyl groups is 3. The van der Waals surface area contributed by atoms with Crippen LogP contribution >= 0.6 is 0 Å². The number of rotatable bonds is 1. The van der Waals surface area contributed by atoms with Crippen molar-refractivity contribution in [2.45, 2.75) is 19.4 Å². The van der Waals surface area contributed by atoms with Crippen molar-refractivity contribution in [2.24, 2.45) is 0 Å². The minimum atomic E-state index is -1.47. The zero-order valence-electron chi connectivity index (χ0n) is 4.34. The Labute approximate surface area is 42.2 Å². The minimum absolute atomic E-state index is 0.951. The van der Waals surface area contributed by atoms with Crippen LogP contribution in [-0.2, 0) is 0 Å². The van der Waals surface area contributed by atoms with E-state index in [0.29, 0.717) is 0 Å². The Morgan fingerprint density at radius 2 is 1.43 bits per heavy atom. The van der Waals surface area contributed by atoms with E-state index in [9.17, 15) is 0 Å². The monoisotopic (exact) mass is 105 g/mol. The van der Waals surface area contributed by atoms with Crippen LogP contribution in [0.2, 0.25) is 0 Å². The van der Waals surface area contributed by atoms with Crippen molar-refractivity contribution in [1.29, 1.82) is 0 Å². The molecule has 0 atom stereocenters. The van der Waals surface area contributed by atoms with Crippen LogP contribution in [0.25, 0.3) is 0 Å². The number of aliphatic hydroxyl groups excluding tert-OH is 1. The van der Waals surface area contributed by atoms with Gasteiger partial charge in [0.25, 0.3) is 6.29 Å². The summed E-state index contributed by atoms with van der Waals surface area (Å²) in [4.78, 5) is 0. The van der Waals surface area contributed by atoms with E-state index in [0.717, 1.165) is 0 Å². The summed E-state index contributed by atoms with van der Waals surface area (Å²) in [7, 11) is 0. The van der Waals surface area contributed by atoms with Crippen molar-refractivity contribution < 1.29 is 15.3 Å². The van der Waals surface area contributed by atoms with Crippen LogP contribution in [0, 0.1) is 6.29 Å². The molecule has 0 aromatic heterocycles. The Morgan fingerprint density at radius 3 is 1.43 bits per heavy atom. The summed E-state index contributed by atoms with van der Waals surface area (Å²) in [6.45, 7) is 2.56. The van der Waals surface area contributed by atoms with Gasteiger partial charge in [-0.15, -0.1) is 0 Å². The lowest BCUT2D eigenvalue weighted by atomic mass is 10.1. The molecule has 0 aliphatic rings. The molecular formula is C4H9O3. The molecule has 0 aliphatic heterocycles. The highest BCUT2D eigenvalue weighted by Gasteiger charge is 2.23. The number of hydrogen-bond donors (Lipinski definition) is 3. The third-order valence-corrected chi connectivity index (χ3v) is 0.547. The second-order valence-corrected chi connectivity index (χ2v) is 1.88. The van der Waals surface area contributed by atoms with Gasteiger partial charge in [-0.2, -0.15) is 0 Å². The van der Waals surface area contributed by atoms with Crippen molar-refractivity contribution in [2.75, 3.05) is 0 Å². The quantitative estimate of drug-likeness (QED) is 0.439. The molecule has 1 radical (unpaired) electrons. The van der Waals surface area contributed by atoms with Gasteiger partial charge >= 0.3 is 0 Å². The molecule has 0 rings (SSSR count). The fourth-order valence-electron chi connectivity index (χ4n) is 0. The van der Waals surface area contributed by atoms with Crippen LogP contribution in [0.3, 0.4) is 0 Å². The van der Waals surface area contributed by atoms with E-state index < -0.39 is 11.9 Å². The molecule has 0 unspecified atom stereocenters. The molecule has 0 amide bonds. The summed E-state index contributed by atoms with van der Waals surface area (Å²) in [6, 6.07) is 0. The van der Waals surface area contributed by atoms with Gasteiger partial charge in [-0.3, -0.25) is 0 Å². The summed E-state index contributed by atoms with van der Waals surface area (Å²) >= 11 is 0. The fourth-order valence-corrected chi connectivity index (χ4v) is 0. The highest BCUT2D eigenvalue weighted by Crippen LogP contribution is 2.10. The van der Waals surface area contributed by atoms with E-state index in [-0.39, 0.29) is 0 Å². The first-order chi connectivity index (χ1) is 2.94. The highest BCUT2D eigenvalue weighted by molar-refractivity contribution is 4.80. The second-order valence-electron chi connectivity index (χ2n) is 1.88. The largest absolute Gasteiger partial charge is 0.385 e. The topological polar surface area (TPSA) is 60.7 Å². The van der Waals surface area contributed by atoms with Gasteiger partial charge in [0.15, 0.2) is 0 Å². The zero-order chi connectivity index (χ0) is 6.08. The average molecular weight is 105 g/mol. The van der Waals surface area contributed by atoms with E-state index >= 15 is 0 Å². The van der Waals surface area contributed by atoms with Crippen molar-refractivity contribution in [3.63, 3.8) is 0 Å². The predicted octanol–water partition coefficient (Wildman–Crippen LogP) is -0.00821. The molecule has 0 fully saturated rings. The van der Waals surface area contributed by atoms with Gasteiger partial charge in [-0.1, -0.05) is 0 Å². The van der Waals surface area contributed by atoms with Gasteiger partial charge in [0, 0.05) is 0 Å². The lowest BCUT2D eigenvalue weighted by Gasteiger charge is -2.16. The molecule has 0 spiro atoms. The lowest BCUT2D eigenvalue weighted by Crippen LogP contribution is -2.27. The van der Waals surface area contributed by atoms with Crippen molar-refractivity contribution >= 4 is 0 Å². The maximum Gasteiger partial charge on any atom is 0.250 e. The molecule has 0 heterocycles. The van der Waals surface area contributed by atoms with Crippen LogP contribution in [-0.4, -0.2) is 20.9 Å². The summed E-state index contributed by atoms with van der Waals surface area (Å²) in [5.41, 5.74) is -1.47. The Morgan fingerprint density at radius 1 is 1.29 bits per heavy atom. The molecule has 0 aromatic rings. The Kier molecular flexibility index (Phi) is 1.75. The summed E-state index contributed by atoms with van der Waals surface area (Å²) in [6.07, 6.45) is -0.951. The third-order valence-electron chi connectivity index (χ3n) is 0.547. The maximum atomic E-state index is 8.56. The van der Waals surface area contributed by atoms with Crippen LogP contribution in [0.5, 0.6) is 0 Å². The van der Waals surface area contributed by atoms with E-state index in [2.05, 4.69) is 0 Å². The van der Waals surface area contributed by atoms with E-state index in [1.54, 1.807) is 0 Å². The minimum Gasteiger partial charge on any atom is -0.385 e. The first-order valence-corrected chi connectivity index (χ1v) is 1.92. The summed E-state index contributed by atoms with van der Waals surface area (Å²) in [5, 5.41) is 24.8. The predicted molar refractivity (Wildman–Crippen MR) is 23.4 cm³/mol. The first kappa shape index (κ1) is 6.88. The molecule has 0 saturated carbocycles. The molecule has 0 saturated heterocycles. The number of hydrogen-bond acceptors (Lipinski definition) is 3. The van der Waals surface area contributed by atoms with Crippen molar-refractivity contribution in [3.05, 3.63) is 6.29 Å². The molecule has 0 aromatic carbocycles. The standard InChI is InChI=1S/C4H9O3/c1-4(2,7)3(5)6/h5-7H,1-2H3. The zero-order valence-corrected chi connectivity index (χ0v) is 4.34. The molecule has 43 valence electrons. The van der Waals surface area contributed by atoms with Gasteiger partial charge in [0.2, 0.25) is 0 Å². The Hall–Kier alpha value is -0.120. The lowest BCUT2D eigenvalue weighted by molar-refractivity contribution is -0.0738. The van der Waals surface area contributed by atoms with E-state index in [1.807, 2.05) is 0 Å². The molecule has 7 heavy (non-hydrogen) atoms. The van der Waals surface area contributed by atoms with Crippen molar-refractivity contribution in [1.82, 2.24) is 0 Å². The van der Waals surface area contributed by atoms with Crippen molar-refractivity contribution in [3.8, 4) is 0 Å². The molecular weight excluding hydrogens is 96.0 g/mol. The van der Waals surface area contributed by atoms with Crippen LogP contribution < -0.4 is 0 Å². The molecule has 3 N–H and O–H groups in total. The van der Waals surface area contributed by atoms with Crippen LogP contribution in [0.15, 0.2) is 0 Å². The SMILES string of the molecule is CC(C)(O)[C](O)O. The van der Waals surface area contributed by atoms with Gasteiger partial charge in [-0.05, 0) is 13.8 Å². The Balaban J connectivity index is 3.54. The third kappa shape index (κ3) is 2.56. The summed E-state index contributed by atoms with van der Waals surface area (Å²) < 4.78 is 0. The second kappa shape index (κ2) is 1.78. The fraction of sp³-hybridized carbons (Fsp3) is 0.750. The smallest absolute Gasteiger partial charge is 0.250 e. The highest BCUT2D eigenvalue weighted by atomic mass is 16.5. The van der Waals surface area contributed by atoms with Crippen LogP contribution in [0.4, 0.5) is 0 Å². The van der Waals surface area contributed by atoms with Gasteiger partial charge < -0.3 is 15.3 Å². The molecule has 3 heteroatoms. The van der Waals surface area contributed by atoms with E-state index in [4.69, 9.17) is 15.3 Å². The Bertz CT molecular complexity index is 52.4. The first-order valence-electron chi connectivity index (χ1n) is 1.92. The van der Waals surface area contributed by atoms with E-state index in [1.165, 1.54) is 13.8 Å². The molecule has 3 nitrogen and oxygen atoms in total. The molecule has 0 bridgehead atoms.